The first kappa shape index (κ1) is 12.5. The monoisotopic (exact) mass is 257 g/mol. The minimum Gasteiger partial charge on any atom is -0.496 e. The predicted octanol–water partition coefficient (Wildman–Crippen LogP) is 1.22. The van der Waals surface area contributed by atoms with Crippen LogP contribution >= 0.6 is 0 Å². The first-order valence-electron chi connectivity index (χ1n) is 6.80. The summed E-state index contributed by atoms with van der Waals surface area (Å²) < 4.78 is 5.40. The highest BCUT2D eigenvalue weighted by Gasteiger charge is 2.35. The summed E-state index contributed by atoms with van der Waals surface area (Å²) >= 11 is 0. The molecule has 1 aromatic rings. The van der Waals surface area contributed by atoms with Gasteiger partial charge in [-0.15, -0.1) is 0 Å². The third-order valence-electron chi connectivity index (χ3n) is 4.27. The first-order valence-corrected chi connectivity index (χ1v) is 6.80. The maximum atomic E-state index is 9.01. The van der Waals surface area contributed by atoms with Gasteiger partial charge in [0.2, 0.25) is 0 Å². The van der Waals surface area contributed by atoms with Gasteiger partial charge in [0.25, 0.3) is 0 Å². The number of methoxy groups -OCH3 is 1. The van der Waals surface area contributed by atoms with E-state index in [4.69, 9.17) is 10.00 Å². The summed E-state index contributed by atoms with van der Waals surface area (Å²) in [7, 11) is 1.69. The van der Waals surface area contributed by atoms with Crippen LogP contribution in [0.2, 0.25) is 0 Å². The van der Waals surface area contributed by atoms with Gasteiger partial charge >= 0.3 is 0 Å². The summed E-state index contributed by atoms with van der Waals surface area (Å²) in [5, 5.41) is 12.5. The number of nitrogens with one attached hydrogen (secondary N) is 1. The van der Waals surface area contributed by atoms with Crippen LogP contribution in [-0.4, -0.2) is 38.2 Å². The van der Waals surface area contributed by atoms with Crippen molar-refractivity contribution in [3.8, 4) is 11.8 Å². The van der Waals surface area contributed by atoms with E-state index in [0.29, 0.717) is 5.56 Å². The maximum absolute atomic E-state index is 9.01. The van der Waals surface area contributed by atoms with Crippen LogP contribution in [0.15, 0.2) is 18.2 Å². The molecule has 2 atom stereocenters. The Morgan fingerprint density at radius 2 is 2.11 bits per heavy atom. The van der Waals surface area contributed by atoms with E-state index in [0.717, 1.165) is 55.9 Å². The number of hydrogen-bond acceptors (Lipinski definition) is 4. The van der Waals surface area contributed by atoms with Crippen molar-refractivity contribution < 1.29 is 4.74 Å². The fourth-order valence-electron chi connectivity index (χ4n) is 3.29. The molecule has 0 bridgehead atoms. The Bertz CT molecular complexity index is 497. The van der Waals surface area contributed by atoms with E-state index in [1.807, 2.05) is 18.2 Å². The lowest BCUT2D eigenvalue weighted by atomic mass is 10.0. The Hall–Kier alpha value is -1.57. The number of fused-ring (bicyclic) bond motifs is 1. The van der Waals surface area contributed by atoms with Crippen molar-refractivity contribution in [1.29, 1.82) is 5.26 Å². The number of benzene rings is 1. The Balaban J connectivity index is 1.74. The van der Waals surface area contributed by atoms with Crippen LogP contribution in [0.1, 0.15) is 11.1 Å². The number of hydrogen-bond donors (Lipinski definition) is 1. The summed E-state index contributed by atoms with van der Waals surface area (Å²) in [6, 6.07) is 7.85. The highest BCUT2D eigenvalue weighted by atomic mass is 16.5. The number of rotatable bonds is 3. The second-order valence-corrected chi connectivity index (χ2v) is 5.51. The molecule has 19 heavy (non-hydrogen) atoms. The predicted molar refractivity (Wildman–Crippen MR) is 72.8 cm³/mol. The molecule has 0 radical (unpaired) electrons. The van der Waals surface area contributed by atoms with Gasteiger partial charge in [-0.05, 0) is 43.1 Å². The summed E-state index contributed by atoms with van der Waals surface area (Å²) in [4.78, 5) is 2.48. The van der Waals surface area contributed by atoms with E-state index >= 15 is 0 Å². The van der Waals surface area contributed by atoms with Gasteiger partial charge < -0.3 is 10.1 Å². The third-order valence-corrected chi connectivity index (χ3v) is 4.27. The lowest BCUT2D eigenvalue weighted by molar-refractivity contribution is 0.298. The Morgan fingerprint density at radius 3 is 2.74 bits per heavy atom. The Labute approximate surface area is 114 Å². The highest BCUT2D eigenvalue weighted by molar-refractivity contribution is 5.42. The van der Waals surface area contributed by atoms with Crippen LogP contribution in [-0.2, 0) is 6.54 Å². The molecule has 1 aromatic carbocycles. The molecule has 2 heterocycles. The van der Waals surface area contributed by atoms with E-state index in [2.05, 4.69) is 16.3 Å². The van der Waals surface area contributed by atoms with Crippen molar-refractivity contribution >= 4 is 0 Å². The van der Waals surface area contributed by atoms with E-state index in [1.165, 1.54) is 0 Å². The SMILES string of the molecule is COc1ccc(C#N)cc1CN1CC2CNCC2C1. The van der Waals surface area contributed by atoms with Gasteiger partial charge in [0, 0.05) is 25.2 Å². The van der Waals surface area contributed by atoms with Gasteiger partial charge in [-0.25, -0.2) is 0 Å². The zero-order valence-corrected chi connectivity index (χ0v) is 11.2. The first-order chi connectivity index (χ1) is 9.30. The average Bonchev–Trinajstić information content (AvgIpc) is 2.99. The molecule has 0 aromatic heterocycles. The summed E-state index contributed by atoms with van der Waals surface area (Å²) in [5.74, 6) is 2.48. The molecule has 1 N–H and O–H groups in total. The number of likely N-dealkylation sites (tertiary alicyclic amines) is 1. The molecule has 2 unspecified atom stereocenters. The van der Waals surface area contributed by atoms with E-state index < -0.39 is 0 Å². The zero-order chi connectivity index (χ0) is 13.2. The standard InChI is InChI=1S/C15H19N3O/c1-19-15-3-2-11(5-16)4-12(15)8-18-9-13-6-17-7-14(13)10-18/h2-4,13-14,17H,6-10H2,1H3. The topological polar surface area (TPSA) is 48.3 Å². The molecule has 0 spiro atoms. The Kier molecular flexibility index (Phi) is 3.41. The number of nitriles is 1. The Morgan fingerprint density at radius 1 is 1.37 bits per heavy atom. The fourth-order valence-corrected chi connectivity index (χ4v) is 3.29. The van der Waals surface area contributed by atoms with Gasteiger partial charge in [0.1, 0.15) is 5.75 Å². The molecule has 2 aliphatic rings. The van der Waals surface area contributed by atoms with Gasteiger partial charge in [-0.3, -0.25) is 4.90 Å². The smallest absolute Gasteiger partial charge is 0.123 e. The fraction of sp³-hybridized carbons (Fsp3) is 0.533. The van der Waals surface area contributed by atoms with Crippen LogP contribution < -0.4 is 10.1 Å². The van der Waals surface area contributed by atoms with E-state index in [-0.39, 0.29) is 0 Å². The molecule has 3 rings (SSSR count). The second kappa shape index (κ2) is 5.20. The molecule has 4 nitrogen and oxygen atoms in total. The van der Waals surface area contributed by atoms with Crippen molar-refractivity contribution in [3.05, 3.63) is 29.3 Å². The maximum Gasteiger partial charge on any atom is 0.123 e. The van der Waals surface area contributed by atoms with Crippen LogP contribution in [0.4, 0.5) is 0 Å². The van der Waals surface area contributed by atoms with Crippen molar-refractivity contribution in [2.24, 2.45) is 11.8 Å². The largest absolute Gasteiger partial charge is 0.496 e. The van der Waals surface area contributed by atoms with Crippen LogP contribution in [0.5, 0.6) is 5.75 Å². The third kappa shape index (κ3) is 2.44. The van der Waals surface area contributed by atoms with Crippen LogP contribution in [0, 0.1) is 23.2 Å². The van der Waals surface area contributed by atoms with Gasteiger partial charge in [-0.2, -0.15) is 5.26 Å². The number of ether oxygens (including phenoxy) is 1. The van der Waals surface area contributed by atoms with Gasteiger partial charge in [0.15, 0.2) is 0 Å². The van der Waals surface area contributed by atoms with E-state index in [9.17, 15) is 0 Å². The lowest BCUT2D eigenvalue weighted by Crippen LogP contribution is -2.25. The molecule has 2 aliphatic heterocycles. The van der Waals surface area contributed by atoms with Crippen molar-refractivity contribution in [1.82, 2.24) is 10.2 Å². The molecule has 100 valence electrons. The quantitative estimate of drug-likeness (QED) is 0.884. The molecular weight excluding hydrogens is 238 g/mol. The summed E-state index contributed by atoms with van der Waals surface area (Å²) in [5.41, 5.74) is 1.83. The minimum atomic E-state index is 0.705. The molecule has 4 heteroatoms. The highest BCUT2D eigenvalue weighted by Crippen LogP contribution is 2.29. The summed E-state index contributed by atoms with van der Waals surface area (Å²) in [6.45, 7) is 5.48. The second-order valence-electron chi connectivity index (χ2n) is 5.51. The molecule has 2 saturated heterocycles. The van der Waals surface area contributed by atoms with Crippen LogP contribution in [0.25, 0.3) is 0 Å². The molecule has 0 aliphatic carbocycles. The molecule has 0 saturated carbocycles. The zero-order valence-electron chi connectivity index (χ0n) is 11.2. The average molecular weight is 257 g/mol. The number of nitrogens with zero attached hydrogens (tertiary/aromatic N) is 2. The van der Waals surface area contributed by atoms with Gasteiger partial charge in [0.05, 0.1) is 18.7 Å². The van der Waals surface area contributed by atoms with Gasteiger partial charge in [-0.1, -0.05) is 0 Å². The summed E-state index contributed by atoms with van der Waals surface area (Å²) in [6.07, 6.45) is 0. The molecule has 2 fully saturated rings. The molecular formula is C15H19N3O. The minimum absolute atomic E-state index is 0.705. The van der Waals surface area contributed by atoms with Crippen LogP contribution in [0.3, 0.4) is 0 Å². The lowest BCUT2D eigenvalue weighted by Gasteiger charge is -2.18. The molecule has 0 amide bonds. The van der Waals surface area contributed by atoms with Crippen molar-refractivity contribution in [2.75, 3.05) is 33.3 Å². The van der Waals surface area contributed by atoms with E-state index in [1.54, 1.807) is 7.11 Å². The normalized spacial score (nSPS) is 26.1. The van der Waals surface area contributed by atoms with Crippen molar-refractivity contribution in [3.63, 3.8) is 0 Å². The van der Waals surface area contributed by atoms with Crippen molar-refractivity contribution in [2.45, 2.75) is 6.54 Å².